The summed E-state index contributed by atoms with van der Waals surface area (Å²) in [4.78, 5) is 2.44. The molecule has 2 bridgehead atoms. The van der Waals surface area contributed by atoms with Crippen LogP contribution >= 0.6 is 12.4 Å². The number of benzene rings is 1. The Balaban J connectivity index is 0.00000135. The third-order valence-corrected chi connectivity index (χ3v) is 5.95. The average molecular weight is 334 g/mol. The van der Waals surface area contributed by atoms with Crippen LogP contribution in [0.25, 0.3) is 0 Å². The summed E-state index contributed by atoms with van der Waals surface area (Å²) in [5, 5.41) is 10.3. The van der Waals surface area contributed by atoms with Crippen LogP contribution < -0.4 is 4.74 Å². The van der Waals surface area contributed by atoms with Gasteiger partial charge in [-0.1, -0.05) is 12.1 Å². The molecule has 3 atom stereocenters. The fraction of sp³-hybridized carbons (Fsp3) is 0.444. The van der Waals surface area contributed by atoms with E-state index in [0.717, 1.165) is 25.1 Å². The highest BCUT2D eigenvalue weighted by Gasteiger charge is 2.61. The number of phenolic OH excluding ortho intramolecular Hbond substituents is 1. The minimum absolute atomic E-state index is 0. The van der Waals surface area contributed by atoms with Gasteiger partial charge in [0.15, 0.2) is 17.6 Å². The maximum absolute atomic E-state index is 10.3. The van der Waals surface area contributed by atoms with Gasteiger partial charge in [-0.3, -0.25) is 4.90 Å². The van der Waals surface area contributed by atoms with Crippen LogP contribution in [0.15, 0.2) is 35.6 Å². The number of methoxy groups -OCH3 is 1. The molecule has 2 aliphatic carbocycles. The predicted molar refractivity (Wildman–Crippen MR) is 89.4 cm³/mol. The molecule has 5 heteroatoms. The maximum Gasteiger partial charge on any atom is 0.169 e. The number of aromatic hydroxyl groups is 1. The predicted octanol–water partition coefficient (Wildman–Crippen LogP) is 2.54. The van der Waals surface area contributed by atoms with Gasteiger partial charge in [0, 0.05) is 11.6 Å². The number of likely N-dealkylation sites (tertiary alicyclic amines) is 1. The van der Waals surface area contributed by atoms with E-state index in [4.69, 9.17) is 9.47 Å². The second-order valence-electron chi connectivity index (χ2n) is 6.76. The molecule has 4 nitrogen and oxygen atoms in total. The number of piperidine rings is 1. The molecule has 5 rings (SSSR count). The molecule has 0 aromatic heterocycles. The molecule has 1 fully saturated rings. The maximum atomic E-state index is 10.3. The van der Waals surface area contributed by atoms with Gasteiger partial charge in [-0.05, 0) is 49.7 Å². The number of hydrogen-bond acceptors (Lipinski definition) is 4. The van der Waals surface area contributed by atoms with Crippen LogP contribution in [0.2, 0.25) is 0 Å². The van der Waals surface area contributed by atoms with Crippen LogP contribution in [0.1, 0.15) is 17.5 Å². The van der Waals surface area contributed by atoms with E-state index in [9.17, 15) is 5.11 Å². The van der Waals surface area contributed by atoms with Crippen molar-refractivity contribution >= 4 is 12.4 Å². The van der Waals surface area contributed by atoms with Crippen molar-refractivity contribution in [2.45, 2.75) is 30.4 Å². The molecule has 1 aromatic rings. The first kappa shape index (κ1) is 14.9. The Morgan fingerprint density at radius 3 is 2.96 bits per heavy atom. The van der Waals surface area contributed by atoms with E-state index < -0.39 is 0 Å². The second-order valence-corrected chi connectivity index (χ2v) is 6.76. The lowest BCUT2D eigenvalue weighted by Crippen LogP contribution is -2.58. The Labute approximate surface area is 141 Å². The lowest BCUT2D eigenvalue weighted by molar-refractivity contribution is 0.0735. The summed E-state index contributed by atoms with van der Waals surface area (Å²) < 4.78 is 11.8. The van der Waals surface area contributed by atoms with Crippen LogP contribution in [-0.2, 0) is 16.6 Å². The molecule has 0 amide bonds. The van der Waals surface area contributed by atoms with Gasteiger partial charge in [-0.15, -0.1) is 12.4 Å². The van der Waals surface area contributed by atoms with E-state index in [0.29, 0.717) is 11.8 Å². The number of phenols is 1. The third-order valence-electron chi connectivity index (χ3n) is 5.95. The highest BCUT2D eigenvalue weighted by molar-refractivity contribution is 5.85. The number of hydrogen-bond donors (Lipinski definition) is 1. The van der Waals surface area contributed by atoms with Crippen molar-refractivity contribution in [1.82, 2.24) is 4.90 Å². The van der Waals surface area contributed by atoms with Gasteiger partial charge in [-0.25, -0.2) is 0 Å². The lowest BCUT2D eigenvalue weighted by Gasteiger charge is -2.52. The minimum atomic E-state index is -0.154. The average Bonchev–Trinajstić information content (AvgIpc) is 2.88. The van der Waals surface area contributed by atoms with E-state index in [-0.39, 0.29) is 29.7 Å². The Morgan fingerprint density at radius 2 is 2.17 bits per heavy atom. The molecular formula is C18H20ClNO3. The zero-order valence-electron chi connectivity index (χ0n) is 13.2. The van der Waals surface area contributed by atoms with Gasteiger partial charge in [0.1, 0.15) is 5.76 Å². The first-order valence-corrected chi connectivity index (χ1v) is 7.85. The molecule has 0 unspecified atom stereocenters. The van der Waals surface area contributed by atoms with Gasteiger partial charge < -0.3 is 14.6 Å². The minimum Gasteiger partial charge on any atom is -0.504 e. The summed E-state index contributed by atoms with van der Waals surface area (Å²) in [5.74, 6) is 1.77. The molecule has 2 aliphatic heterocycles. The summed E-state index contributed by atoms with van der Waals surface area (Å²) >= 11 is 0. The summed E-state index contributed by atoms with van der Waals surface area (Å²) in [7, 11) is 3.90. The molecule has 122 valence electrons. The van der Waals surface area contributed by atoms with E-state index in [1.165, 1.54) is 16.7 Å². The largest absolute Gasteiger partial charge is 0.504 e. The Hall–Kier alpha value is -1.65. The summed E-state index contributed by atoms with van der Waals surface area (Å²) in [5.41, 5.74) is 3.78. The molecule has 2 heterocycles. The van der Waals surface area contributed by atoms with Crippen molar-refractivity contribution in [3.05, 3.63) is 46.7 Å². The number of likely N-dealkylation sites (N-methyl/N-ethyl adjacent to an activating group) is 1. The van der Waals surface area contributed by atoms with Crippen molar-refractivity contribution in [3.63, 3.8) is 0 Å². The van der Waals surface area contributed by atoms with E-state index >= 15 is 0 Å². The second kappa shape index (κ2) is 4.68. The first-order chi connectivity index (χ1) is 10.7. The molecule has 1 spiro atoms. The zero-order chi connectivity index (χ0) is 15.1. The van der Waals surface area contributed by atoms with Crippen LogP contribution in [-0.4, -0.2) is 42.9 Å². The molecule has 1 N–H and O–H groups in total. The number of halogens is 1. The lowest BCUT2D eigenvalue weighted by atomic mass is 9.57. The monoisotopic (exact) mass is 333 g/mol. The van der Waals surface area contributed by atoms with Crippen LogP contribution in [0.4, 0.5) is 0 Å². The van der Waals surface area contributed by atoms with Crippen LogP contribution in [0.5, 0.6) is 11.5 Å². The van der Waals surface area contributed by atoms with Crippen LogP contribution in [0, 0.1) is 0 Å². The van der Waals surface area contributed by atoms with Crippen molar-refractivity contribution in [1.29, 1.82) is 0 Å². The highest BCUT2D eigenvalue weighted by Crippen LogP contribution is 2.62. The van der Waals surface area contributed by atoms with Gasteiger partial charge in [0.25, 0.3) is 0 Å². The smallest absolute Gasteiger partial charge is 0.169 e. The SMILES string of the molecule is COC1=CC=C2[C@H]3Cc4ccc(O)c5c4[C@@]2(CCN3C)[C@H]1O5.Cl. The molecule has 23 heavy (non-hydrogen) atoms. The van der Waals surface area contributed by atoms with E-state index in [2.05, 4.69) is 24.1 Å². The van der Waals surface area contributed by atoms with Gasteiger partial charge >= 0.3 is 0 Å². The summed E-state index contributed by atoms with van der Waals surface area (Å²) in [6, 6.07) is 4.25. The number of allylic oxidation sites excluding steroid dienone is 2. The molecule has 0 saturated carbocycles. The Bertz CT molecular complexity index is 757. The molecule has 0 radical (unpaired) electrons. The summed E-state index contributed by atoms with van der Waals surface area (Å²) in [6.45, 7) is 1.04. The highest BCUT2D eigenvalue weighted by atomic mass is 35.5. The Kier molecular flexibility index (Phi) is 3.03. The van der Waals surface area contributed by atoms with Gasteiger partial charge in [0.05, 0.1) is 12.5 Å². The van der Waals surface area contributed by atoms with Gasteiger partial charge in [-0.2, -0.15) is 0 Å². The fourth-order valence-electron chi connectivity index (χ4n) is 4.95. The van der Waals surface area contributed by atoms with Crippen molar-refractivity contribution in [2.75, 3.05) is 20.7 Å². The molecule has 4 aliphatic rings. The summed E-state index contributed by atoms with van der Waals surface area (Å²) in [6.07, 6.45) is 6.11. The van der Waals surface area contributed by atoms with Crippen molar-refractivity contribution < 1.29 is 14.6 Å². The van der Waals surface area contributed by atoms with Crippen molar-refractivity contribution in [2.24, 2.45) is 0 Å². The molecule has 1 saturated heterocycles. The van der Waals surface area contributed by atoms with E-state index in [1.807, 2.05) is 6.08 Å². The molecule has 1 aromatic carbocycles. The fourth-order valence-corrected chi connectivity index (χ4v) is 4.95. The van der Waals surface area contributed by atoms with Crippen LogP contribution in [0.3, 0.4) is 0 Å². The van der Waals surface area contributed by atoms with E-state index in [1.54, 1.807) is 13.2 Å². The third kappa shape index (κ3) is 1.56. The Morgan fingerprint density at radius 1 is 1.35 bits per heavy atom. The zero-order valence-corrected chi connectivity index (χ0v) is 14.0. The van der Waals surface area contributed by atoms with Crippen molar-refractivity contribution in [3.8, 4) is 11.5 Å². The first-order valence-electron chi connectivity index (χ1n) is 7.85. The molecular weight excluding hydrogens is 314 g/mol. The quantitative estimate of drug-likeness (QED) is 0.857. The number of rotatable bonds is 1. The number of nitrogens with zero attached hydrogens (tertiary/aromatic N) is 1. The number of ether oxygens (including phenoxy) is 2. The normalized spacial score (nSPS) is 33.0. The topological polar surface area (TPSA) is 41.9 Å². The standard InChI is InChI=1S/C18H19NO3.ClH/c1-19-8-7-18-11-4-6-14(21-2)17(18)22-16-13(20)5-3-10(15(16)18)9-12(11)19;/h3-6,12,17,20H,7-9H2,1-2H3;1H/t12-,17+,18+;/m1./s1. The van der Waals surface area contributed by atoms with Gasteiger partial charge in [0.2, 0.25) is 0 Å².